The third-order valence-corrected chi connectivity index (χ3v) is 4.50. The number of rotatable bonds is 8. The zero-order chi connectivity index (χ0) is 15.0. The van der Waals surface area contributed by atoms with Gasteiger partial charge in [0.05, 0.1) is 18.8 Å². The molecular weight excluding hydrogens is 264 g/mol. The van der Waals surface area contributed by atoms with E-state index in [9.17, 15) is 0 Å². The molecule has 2 N–H and O–H groups in total. The molecule has 4 heteroatoms. The molecule has 0 bridgehead atoms. The molecule has 0 amide bonds. The summed E-state index contributed by atoms with van der Waals surface area (Å²) in [6.45, 7) is 5.31. The van der Waals surface area contributed by atoms with Crippen molar-refractivity contribution in [3.05, 3.63) is 35.9 Å². The first-order chi connectivity index (χ1) is 10.3. The van der Waals surface area contributed by atoms with Crippen LogP contribution >= 0.6 is 0 Å². The van der Waals surface area contributed by atoms with E-state index < -0.39 is 0 Å². The highest BCUT2D eigenvalue weighted by Crippen LogP contribution is 2.24. The van der Waals surface area contributed by atoms with Crippen LogP contribution in [-0.2, 0) is 15.9 Å². The van der Waals surface area contributed by atoms with Gasteiger partial charge >= 0.3 is 0 Å². The Kier molecular flexibility index (Phi) is 6.64. The maximum atomic E-state index is 5.82. The number of likely N-dealkylation sites (tertiary alicyclic amines) is 1. The van der Waals surface area contributed by atoms with E-state index in [2.05, 4.69) is 29.2 Å². The van der Waals surface area contributed by atoms with Crippen LogP contribution in [0.2, 0.25) is 0 Å². The second-order valence-electron chi connectivity index (χ2n) is 5.78. The summed E-state index contributed by atoms with van der Waals surface area (Å²) in [6, 6.07) is 10.5. The Bertz CT molecular complexity index is 383. The molecule has 0 atom stereocenters. The normalized spacial score (nSPS) is 18.8. The van der Waals surface area contributed by atoms with Crippen molar-refractivity contribution in [3.8, 4) is 0 Å². The number of benzene rings is 1. The second kappa shape index (κ2) is 8.49. The number of nitrogens with zero attached hydrogens (tertiary/aromatic N) is 1. The molecule has 2 rings (SSSR count). The lowest BCUT2D eigenvalue weighted by Gasteiger charge is -2.40. The van der Waals surface area contributed by atoms with Crippen LogP contribution in [0.3, 0.4) is 0 Å². The van der Waals surface area contributed by atoms with E-state index in [4.69, 9.17) is 15.2 Å². The molecule has 1 fully saturated rings. The molecule has 21 heavy (non-hydrogen) atoms. The third-order valence-electron chi connectivity index (χ3n) is 4.50. The molecule has 4 nitrogen and oxygen atoms in total. The minimum absolute atomic E-state index is 0.0926. The van der Waals surface area contributed by atoms with Gasteiger partial charge in [-0.1, -0.05) is 30.3 Å². The van der Waals surface area contributed by atoms with Gasteiger partial charge < -0.3 is 20.1 Å². The van der Waals surface area contributed by atoms with Crippen LogP contribution in [0.4, 0.5) is 0 Å². The van der Waals surface area contributed by atoms with Crippen molar-refractivity contribution >= 4 is 0 Å². The Balaban J connectivity index is 1.56. The zero-order valence-corrected chi connectivity index (χ0v) is 13.1. The van der Waals surface area contributed by atoms with Crippen molar-refractivity contribution in [2.45, 2.75) is 24.9 Å². The summed E-state index contributed by atoms with van der Waals surface area (Å²) in [7, 11) is 1.77. The average molecular weight is 292 g/mol. The standard InChI is InChI=1S/C17H28N2O2/c1-20-17(15-18)8-10-19(11-9-17)12-14-21-13-7-16-5-3-2-4-6-16/h2-6H,7-15,18H2,1H3. The predicted octanol–water partition coefficient (Wildman–Crippen LogP) is 1.69. The van der Waals surface area contributed by atoms with Crippen LogP contribution in [0, 0.1) is 0 Å². The van der Waals surface area contributed by atoms with Crippen molar-refractivity contribution in [3.63, 3.8) is 0 Å². The Labute approximate surface area is 128 Å². The lowest BCUT2D eigenvalue weighted by atomic mass is 9.91. The molecule has 0 unspecified atom stereocenters. The number of ether oxygens (including phenoxy) is 2. The van der Waals surface area contributed by atoms with Gasteiger partial charge in [0.25, 0.3) is 0 Å². The number of piperidine rings is 1. The van der Waals surface area contributed by atoms with Gasteiger partial charge in [-0.05, 0) is 24.8 Å². The smallest absolute Gasteiger partial charge is 0.0824 e. The summed E-state index contributed by atoms with van der Waals surface area (Å²) >= 11 is 0. The molecule has 0 aromatic heterocycles. The zero-order valence-electron chi connectivity index (χ0n) is 13.1. The fraction of sp³-hybridized carbons (Fsp3) is 0.647. The third kappa shape index (κ3) is 5.08. The molecule has 0 spiro atoms. The Morgan fingerprint density at radius 3 is 2.48 bits per heavy atom. The molecule has 1 aromatic carbocycles. The van der Waals surface area contributed by atoms with E-state index in [-0.39, 0.29) is 5.60 Å². The van der Waals surface area contributed by atoms with E-state index in [1.165, 1.54) is 5.56 Å². The maximum Gasteiger partial charge on any atom is 0.0824 e. The SMILES string of the molecule is COC1(CN)CCN(CCOCCc2ccccc2)CC1. The molecular formula is C17H28N2O2. The highest BCUT2D eigenvalue weighted by Gasteiger charge is 2.32. The molecule has 1 saturated heterocycles. The summed E-state index contributed by atoms with van der Waals surface area (Å²) in [5.41, 5.74) is 7.06. The van der Waals surface area contributed by atoms with Gasteiger partial charge in [0.2, 0.25) is 0 Å². The van der Waals surface area contributed by atoms with Gasteiger partial charge in [-0.15, -0.1) is 0 Å². The molecule has 1 aliphatic heterocycles. The van der Waals surface area contributed by atoms with E-state index in [1.807, 2.05) is 6.07 Å². The molecule has 0 saturated carbocycles. The molecule has 1 aliphatic rings. The highest BCUT2D eigenvalue weighted by molar-refractivity contribution is 5.14. The van der Waals surface area contributed by atoms with E-state index >= 15 is 0 Å². The van der Waals surface area contributed by atoms with Crippen molar-refractivity contribution in [1.82, 2.24) is 4.90 Å². The van der Waals surface area contributed by atoms with Gasteiger partial charge in [-0.3, -0.25) is 0 Å². The first-order valence-electron chi connectivity index (χ1n) is 7.87. The second-order valence-corrected chi connectivity index (χ2v) is 5.78. The first kappa shape index (κ1) is 16.4. The number of hydrogen-bond donors (Lipinski definition) is 1. The minimum Gasteiger partial charge on any atom is -0.380 e. The average Bonchev–Trinajstić information content (AvgIpc) is 2.56. The van der Waals surface area contributed by atoms with Gasteiger partial charge in [-0.2, -0.15) is 0 Å². The van der Waals surface area contributed by atoms with Crippen molar-refractivity contribution < 1.29 is 9.47 Å². The summed E-state index contributed by atoms with van der Waals surface area (Å²) in [5.74, 6) is 0. The number of hydrogen-bond acceptors (Lipinski definition) is 4. The Morgan fingerprint density at radius 2 is 1.86 bits per heavy atom. The maximum absolute atomic E-state index is 5.82. The van der Waals surface area contributed by atoms with Crippen molar-refractivity contribution in [2.75, 3.05) is 46.5 Å². The minimum atomic E-state index is -0.0926. The van der Waals surface area contributed by atoms with Crippen LogP contribution in [-0.4, -0.2) is 57.0 Å². The molecule has 0 aliphatic carbocycles. The largest absolute Gasteiger partial charge is 0.380 e. The summed E-state index contributed by atoms with van der Waals surface area (Å²) in [6.07, 6.45) is 3.02. The van der Waals surface area contributed by atoms with Crippen molar-refractivity contribution in [1.29, 1.82) is 0 Å². The first-order valence-corrected chi connectivity index (χ1v) is 7.87. The lowest BCUT2D eigenvalue weighted by Crippen LogP contribution is -2.50. The van der Waals surface area contributed by atoms with Crippen LogP contribution in [0.5, 0.6) is 0 Å². The van der Waals surface area contributed by atoms with Crippen LogP contribution in [0.15, 0.2) is 30.3 Å². The van der Waals surface area contributed by atoms with Crippen LogP contribution in [0.25, 0.3) is 0 Å². The number of nitrogens with two attached hydrogens (primary N) is 1. The Hall–Kier alpha value is -0.940. The highest BCUT2D eigenvalue weighted by atomic mass is 16.5. The topological polar surface area (TPSA) is 47.7 Å². The summed E-state index contributed by atoms with van der Waals surface area (Å²) < 4.78 is 11.3. The lowest BCUT2D eigenvalue weighted by molar-refractivity contribution is -0.0530. The monoisotopic (exact) mass is 292 g/mol. The molecule has 118 valence electrons. The number of methoxy groups -OCH3 is 1. The van der Waals surface area contributed by atoms with E-state index in [0.717, 1.165) is 52.1 Å². The van der Waals surface area contributed by atoms with E-state index in [0.29, 0.717) is 6.54 Å². The fourth-order valence-electron chi connectivity index (χ4n) is 2.81. The summed E-state index contributed by atoms with van der Waals surface area (Å²) in [4.78, 5) is 2.44. The van der Waals surface area contributed by atoms with Crippen LogP contribution < -0.4 is 5.73 Å². The quantitative estimate of drug-likeness (QED) is 0.741. The van der Waals surface area contributed by atoms with Crippen molar-refractivity contribution in [2.24, 2.45) is 5.73 Å². The molecule has 1 aromatic rings. The Morgan fingerprint density at radius 1 is 1.14 bits per heavy atom. The van der Waals surface area contributed by atoms with Gasteiger partial charge in [-0.25, -0.2) is 0 Å². The fourth-order valence-corrected chi connectivity index (χ4v) is 2.81. The van der Waals surface area contributed by atoms with Gasteiger partial charge in [0, 0.05) is 33.3 Å². The molecule has 1 heterocycles. The molecule has 0 radical (unpaired) electrons. The summed E-state index contributed by atoms with van der Waals surface area (Å²) in [5, 5.41) is 0. The van der Waals surface area contributed by atoms with E-state index in [1.54, 1.807) is 7.11 Å². The van der Waals surface area contributed by atoms with Gasteiger partial charge in [0.1, 0.15) is 0 Å². The van der Waals surface area contributed by atoms with Gasteiger partial charge in [0.15, 0.2) is 0 Å². The van der Waals surface area contributed by atoms with Crippen LogP contribution in [0.1, 0.15) is 18.4 Å². The predicted molar refractivity (Wildman–Crippen MR) is 85.4 cm³/mol.